The first kappa shape index (κ1) is 22.1. The molecule has 1 aliphatic heterocycles. The van der Waals surface area contributed by atoms with Gasteiger partial charge in [-0.25, -0.2) is 4.79 Å². The van der Waals surface area contributed by atoms with E-state index in [2.05, 4.69) is 33.9 Å². The molecule has 0 saturated carbocycles. The zero-order valence-corrected chi connectivity index (χ0v) is 19.4. The van der Waals surface area contributed by atoms with Gasteiger partial charge < -0.3 is 10.1 Å². The molecule has 3 aromatic carbocycles. The summed E-state index contributed by atoms with van der Waals surface area (Å²) < 4.78 is 11.5. The Hall–Kier alpha value is -3.66. The Bertz CT molecular complexity index is 1430. The number of fused-ring (bicyclic) bond motifs is 1. The summed E-state index contributed by atoms with van der Waals surface area (Å²) in [6.45, 7) is 2.58. The van der Waals surface area contributed by atoms with Gasteiger partial charge in [0.25, 0.3) is 0 Å². The van der Waals surface area contributed by atoms with Gasteiger partial charge >= 0.3 is 5.97 Å². The lowest BCUT2D eigenvalue weighted by atomic mass is 9.93. The van der Waals surface area contributed by atoms with Crippen LogP contribution in [-0.4, -0.2) is 49.8 Å². The average Bonchev–Trinajstić information content (AvgIpc) is 3.33. The van der Waals surface area contributed by atoms with Gasteiger partial charge in [-0.15, -0.1) is 0 Å². The summed E-state index contributed by atoms with van der Waals surface area (Å²) in [5, 5.41) is 10.9. The molecule has 6 heteroatoms. The molecule has 4 aromatic rings. The second kappa shape index (κ2) is 9.68. The molecule has 0 aliphatic carbocycles. The zero-order valence-electron chi connectivity index (χ0n) is 18.6. The van der Waals surface area contributed by atoms with Crippen molar-refractivity contribution < 1.29 is 14.1 Å². The Morgan fingerprint density at radius 2 is 1.79 bits per heavy atom. The first-order chi connectivity index (χ1) is 16.6. The minimum atomic E-state index is -0.976. The highest BCUT2D eigenvalue weighted by Crippen LogP contribution is 2.30. The van der Waals surface area contributed by atoms with Crippen molar-refractivity contribution in [3.05, 3.63) is 95.2 Å². The fraction of sp³-hybridized carbons (Fsp3) is 0.179. The summed E-state index contributed by atoms with van der Waals surface area (Å²) in [7, 11) is -0.668. The van der Waals surface area contributed by atoms with Crippen LogP contribution in [0.15, 0.2) is 72.9 Å². The van der Waals surface area contributed by atoms with Gasteiger partial charge in [0.15, 0.2) is 0 Å². The second-order valence-corrected chi connectivity index (χ2v) is 10.1. The van der Waals surface area contributed by atoms with Gasteiger partial charge in [-0.3, -0.25) is 9.11 Å². The molecule has 0 spiro atoms. The van der Waals surface area contributed by atoms with Crippen LogP contribution in [0.1, 0.15) is 27.0 Å². The molecule has 0 radical (unpaired) electrons. The highest BCUT2D eigenvalue weighted by molar-refractivity contribution is 7.85. The topological polar surface area (TPSA) is 73.4 Å². The number of hydrogen-bond donors (Lipinski definition) is 2. The van der Waals surface area contributed by atoms with E-state index < -0.39 is 16.8 Å². The van der Waals surface area contributed by atoms with E-state index in [4.69, 9.17) is 0 Å². The van der Waals surface area contributed by atoms with Crippen LogP contribution in [0.25, 0.3) is 22.0 Å². The second-order valence-electron chi connectivity index (χ2n) is 8.38. The molecule has 0 atom stereocenters. The first-order valence-corrected chi connectivity index (χ1v) is 12.7. The highest BCUT2D eigenvalue weighted by Gasteiger charge is 2.16. The molecule has 34 heavy (non-hydrogen) atoms. The maximum absolute atomic E-state index is 12.0. The van der Waals surface area contributed by atoms with Crippen LogP contribution in [0, 0.1) is 11.8 Å². The van der Waals surface area contributed by atoms with Crippen molar-refractivity contribution >= 4 is 27.7 Å². The smallest absolute Gasteiger partial charge is 0.336 e. The molecule has 5 nitrogen and oxygen atoms in total. The number of benzene rings is 3. The first-order valence-electron chi connectivity index (χ1n) is 11.2. The summed E-state index contributed by atoms with van der Waals surface area (Å²) in [6.07, 6.45) is 1.87. The Morgan fingerprint density at radius 3 is 2.56 bits per heavy atom. The third-order valence-corrected chi connectivity index (χ3v) is 7.39. The van der Waals surface area contributed by atoms with Crippen LogP contribution in [0.4, 0.5) is 0 Å². The number of carbonyl (C=O) groups is 1. The largest absolute Gasteiger partial charge is 0.478 e. The summed E-state index contributed by atoms with van der Waals surface area (Å²) >= 11 is 0. The van der Waals surface area contributed by atoms with Crippen molar-refractivity contribution in [1.82, 2.24) is 9.88 Å². The van der Waals surface area contributed by atoms with Crippen molar-refractivity contribution in [1.29, 1.82) is 0 Å². The van der Waals surface area contributed by atoms with Crippen LogP contribution in [-0.2, 0) is 17.3 Å². The predicted molar refractivity (Wildman–Crippen MR) is 136 cm³/mol. The number of aromatic nitrogens is 1. The fourth-order valence-electron chi connectivity index (χ4n) is 4.27. The van der Waals surface area contributed by atoms with Crippen molar-refractivity contribution in [3.63, 3.8) is 0 Å². The third-order valence-electron chi connectivity index (χ3n) is 6.11. The SMILES string of the molecule is O=C(O)c1cccc(C#Cc2ccc(CN3CCS(=O)CC3)cc2)c1-c1ccc2cc[nH]c2c1. The maximum atomic E-state index is 12.0. The van der Waals surface area contributed by atoms with E-state index in [0.717, 1.165) is 53.2 Å². The van der Waals surface area contributed by atoms with Gasteiger partial charge in [0.2, 0.25) is 0 Å². The lowest BCUT2D eigenvalue weighted by Gasteiger charge is -2.26. The van der Waals surface area contributed by atoms with Gasteiger partial charge in [0.1, 0.15) is 0 Å². The Morgan fingerprint density at radius 1 is 1.00 bits per heavy atom. The summed E-state index contributed by atoms with van der Waals surface area (Å²) in [5.74, 6) is 6.93. The molecule has 1 fully saturated rings. The predicted octanol–water partition coefficient (Wildman–Crippen LogP) is 4.50. The van der Waals surface area contributed by atoms with Crippen molar-refractivity contribution in [2.24, 2.45) is 0 Å². The highest BCUT2D eigenvalue weighted by atomic mass is 32.2. The van der Waals surface area contributed by atoms with E-state index in [1.54, 1.807) is 12.1 Å². The average molecular weight is 469 g/mol. The number of carboxylic acid groups (broad SMARTS) is 1. The number of rotatable bonds is 4. The molecule has 1 aromatic heterocycles. The van der Waals surface area contributed by atoms with Crippen molar-refractivity contribution in [3.8, 4) is 23.0 Å². The molecule has 0 unspecified atom stereocenters. The number of aromatic amines is 1. The van der Waals surface area contributed by atoms with Crippen LogP contribution in [0.5, 0.6) is 0 Å². The third kappa shape index (κ3) is 4.81. The number of nitrogens with one attached hydrogen (secondary N) is 1. The van der Waals surface area contributed by atoms with Crippen molar-refractivity contribution in [2.75, 3.05) is 24.6 Å². The van der Waals surface area contributed by atoms with Gasteiger partial charge in [-0.1, -0.05) is 42.2 Å². The summed E-state index contributed by atoms with van der Waals surface area (Å²) in [5.41, 5.74) is 5.37. The standard InChI is InChI=1S/C28H24N2O3S/c31-28(32)25-3-1-2-23(27(25)24-11-10-22-12-13-29-26(22)18-24)9-8-20-4-6-21(7-5-20)19-30-14-16-34(33)17-15-30/h1-7,10-13,18,29H,14-17,19H2,(H,31,32). The van der Waals surface area contributed by atoms with Gasteiger partial charge in [0.05, 0.1) is 5.56 Å². The quantitative estimate of drug-likeness (QED) is 0.433. The zero-order chi connectivity index (χ0) is 23.5. The Labute approximate surface area is 200 Å². The normalized spacial score (nSPS) is 14.6. The number of carboxylic acids is 1. The Kier molecular flexibility index (Phi) is 6.31. The molecule has 170 valence electrons. The van der Waals surface area contributed by atoms with Crippen LogP contribution < -0.4 is 0 Å². The minimum absolute atomic E-state index is 0.232. The van der Waals surface area contributed by atoms with E-state index in [-0.39, 0.29) is 5.56 Å². The number of aromatic carboxylic acids is 1. The summed E-state index contributed by atoms with van der Waals surface area (Å²) in [6, 6.07) is 21.2. The van der Waals surface area contributed by atoms with Crippen LogP contribution >= 0.6 is 0 Å². The van der Waals surface area contributed by atoms with Gasteiger partial charge in [0, 0.05) is 70.3 Å². The van der Waals surface area contributed by atoms with E-state index >= 15 is 0 Å². The number of H-pyrrole nitrogens is 1. The molecule has 0 bridgehead atoms. The van der Waals surface area contributed by atoms with Gasteiger partial charge in [-0.05, 0) is 52.9 Å². The number of hydrogen-bond acceptors (Lipinski definition) is 3. The molecule has 5 rings (SSSR count). The molecule has 1 aliphatic rings. The lowest BCUT2D eigenvalue weighted by molar-refractivity contribution is 0.0697. The molecule has 2 heterocycles. The van der Waals surface area contributed by atoms with E-state index in [9.17, 15) is 14.1 Å². The fourth-order valence-corrected chi connectivity index (χ4v) is 5.40. The number of nitrogens with zero attached hydrogens (tertiary/aromatic N) is 1. The van der Waals surface area contributed by atoms with E-state index in [0.29, 0.717) is 11.1 Å². The monoisotopic (exact) mass is 468 g/mol. The van der Waals surface area contributed by atoms with Crippen LogP contribution in [0.3, 0.4) is 0 Å². The Balaban J connectivity index is 1.43. The minimum Gasteiger partial charge on any atom is -0.478 e. The van der Waals surface area contributed by atoms with E-state index in [1.165, 1.54) is 5.56 Å². The van der Waals surface area contributed by atoms with E-state index in [1.807, 2.05) is 48.7 Å². The maximum Gasteiger partial charge on any atom is 0.336 e. The molecule has 0 amide bonds. The van der Waals surface area contributed by atoms with Crippen molar-refractivity contribution in [2.45, 2.75) is 6.54 Å². The molecular weight excluding hydrogens is 444 g/mol. The molecule has 2 N–H and O–H groups in total. The van der Waals surface area contributed by atoms with Gasteiger partial charge in [-0.2, -0.15) is 0 Å². The molecule has 1 saturated heterocycles. The summed E-state index contributed by atoms with van der Waals surface area (Å²) in [4.78, 5) is 17.5. The molecular formula is C28H24N2O3S. The lowest BCUT2D eigenvalue weighted by Crippen LogP contribution is -2.37. The van der Waals surface area contributed by atoms with Crippen LogP contribution in [0.2, 0.25) is 0 Å².